The van der Waals surface area contributed by atoms with Crippen LogP contribution in [0.1, 0.15) is 42.8 Å². The maximum Gasteiger partial charge on any atom is 0.251 e. The molecule has 2 aromatic rings. The van der Waals surface area contributed by atoms with Crippen molar-refractivity contribution in [3.8, 4) is 11.5 Å². The molecule has 0 saturated heterocycles. The summed E-state index contributed by atoms with van der Waals surface area (Å²) in [4.78, 5) is 12.2. The van der Waals surface area contributed by atoms with E-state index in [-0.39, 0.29) is 5.91 Å². The van der Waals surface area contributed by atoms with Crippen LogP contribution >= 0.6 is 0 Å². The van der Waals surface area contributed by atoms with Crippen molar-refractivity contribution in [3.05, 3.63) is 47.9 Å². The van der Waals surface area contributed by atoms with Gasteiger partial charge in [0.2, 0.25) is 0 Å². The zero-order chi connectivity index (χ0) is 16.5. The third kappa shape index (κ3) is 5.06. The summed E-state index contributed by atoms with van der Waals surface area (Å²) in [6.07, 6.45) is 3.39. The lowest BCUT2D eigenvalue weighted by Crippen LogP contribution is -2.22. The first kappa shape index (κ1) is 16.9. The Kier molecular flexibility index (Phi) is 6.54. The number of carbonyl (C=O) groups is 1. The molecule has 23 heavy (non-hydrogen) atoms. The summed E-state index contributed by atoms with van der Waals surface area (Å²) in [5.41, 5.74) is 0.534. The number of ether oxygens (including phenoxy) is 2. The van der Waals surface area contributed by atoms with E-state index >= 15 is 0 Å². The molecule has 124 valence electrons. The molecule has 0 aliphatic rings. The lowest BCUT2D eigenvalue weighted by atomic mass is 10.2. The Bertz CT molecular complexity index is 607. The van der Waals surface area contributed by atoms with Crippen LogP contribution in [-0.2, 0) is 6.54 Å². The van der Waals surface area contributed by atoms with E-state index in [9.17, 15) is 4.79 Å². The largest absolute Gasteiger partial charge is 0.490 e. The molecule has 5 nitrogen and oxygen atoms in total. The molecule has 0 saturated carbocycles. The molecule has 0 aliphatic carbocycles. The van der Waals surface area contributed by atoms with Crippen LogP contribution in [0, 0.1) is 0 Å². The maximum atomic E-state index is 12.2. The summed E-state index contributed by atoms with van der Waals surface area (Å²) in [5.74, 6) is 1.81. The second-order valence-corrected chi connectivity index (χ2v) is 5.12. The molecule has 0 fully saturated rings. The lowest BCUT2D eigenvalue weighted by molar-refractivity contribution is 0.0947. The van der Waals surface area contributed by atoms with Gasteiger partial charge in [0.25, 0.3) is 5.91 Å². The molecule has 2 rings (SSSR count). The standard InChI is InChI=1S/C18H23NO4/c1-3-9-22-16-8-7-14(12-17(16)23-10-4-2)18(20)19-13-15-6-5-11-21-15/h5-8,11-12H,3-4,9-10,13H2,1-2H3,(H,19,20). The number of nitrogens with one attached hydrogen (secondary N) is 1. The number of amides is 1. The van der Waals surface area contributed by atoms with Gasteiger partial charge in [0.15, 0.2) is 11.5 Å². The molecule has 0 atom stereocenters. The monoisotopic (exact) mass is 317 g/mol. The first-order valence-electron chi connectivity index (χ1n) is 7.94. The molecule has 0 bridgehead atoms. The summed E-state index contributed by atoms with van der Waals surface area (Å²) in [6.45, 7) is 5.63. The summed E-state index contributed by atoms with van der Waals surface area (Å²) >= 11 is 0. The van der Waals surface area contributed by atoms with Crippen LogP contribution in [0.2, 0.25) is 0 Å². The van der Waals surface area contributed by atoms with E-state index < -0.39 is 0 Å². The van der Waals surface area contributed by atoms with Gasteiger partial charge in [-0.05, 0) is 43.2 Å². The van der Waals surface area contributed by atoms with Crippen molar-refractivity contribution < 1.29 is 18.7 Å². The van der Waals surface area contributed by atoms with Crippen LogP contribution in [0.5, 0.6) is 11.5 Å². The number of benzene rings is 1. The molecule has 1 aromatic carbocycles. The molecule has 1 aromatic heterocycles. The first-order chi connectivity index (χ1) is 11.2. The van der Waals surface area contributed by atoms with Crippen molar-refractivity contribution >= 4 is 5.91 Å². The van der Waals surface area contributed by atoms with Crippen molar-refractivity contribution in [1.29, 1.82) is 0 Å². The molecular formula is C18H23NO4. The van der Waals surface area contributed by atoms with Gasteiger partial charge in [-0.2, -0.15) is 0 Å². The third-order valence-electron chi connectivity index (χ3n) is 3.13. The highest BCUT2D eigenvalue weighted by molar-refractivity contribution is 5.94. The number of furan rings is 1. The Labute approximate surface area is 136 Å². The number of rotatable bonds is 9. The molecule has 0 radical (unpaired) electrons. The summed E-state index contributed by atoms with van der Waals surface area (Å²) < 4.78 is 16.6. The highest BCUT2D eigenvalue weighted by Gasteiger charge is 2.12. The second kappa shape index (κ2) is 8.88. The average Bonchev–Trinajstić information content (AvgIpc) is 3.09. The molecule has 0 spiro atoms. The highest BCUT2D eigenvalue weighted by Crippen LogP contribution is 2.29. The van der Waals surface area contributed by atoms with E-state index in [1.165, 1.54) is 0 Å². The average molecular weight is 317 g/mol. The highest BCUT2D eigenvalue weighted by atomic mass is 16.5. The van der Waals surface area contributed by atoms with Crippen LogP contribution in [-0.4, -0.2) is 19.1 Å². The van der Waals surface area contributed by atoms with E-state index in [1.807, 2.05) is 19.9 Å². The fourth-order valence-corrected chi connectivity index (χ4v) is 1.99. The van der Waals surface area contributed by atoms with E-state index in [1.54, 1.807) is 30.5 Å². The molecule has 1 N–H and O–H groups in total. The zero-order valence-electron chi connectivity index (χ0n) is 13.6. The van der Waals surface area contributed by atoms with E-state index in [0.29, 0.717) is 42.6 Å². The van der Waals surface area contributed by atoms with Crippen molar-refractivity contribution in [1.82, 2.24) is 5.32 Å². The van der Waals surface area contributed by atoms with Gasteiger partial charge < -0.3 is 19.2 Å². The Morgan fingerprint density at radius 1 is 1.09 bits per heavy atom. The SMILES string of the molecule is CCCOc1ccc(C(=O)NCc2ccco2)cc1OCCC. The Hall–Kier alpha value is -2.43. The van der Waals surface area contributed by atoms with E-state index in [2.05, 4.69) is 5.32 Å². The van der Waals surface area contributed by atoms with Crippen LogP contribution in [0.15, 0.2) is 41.0 Å². The first-order valence-corrected chi connectivity index (χ1v) is 7.94. The van der Waals surface area contributed by atoms with Gasteiger partial charge >= 0.3 is 0 Å². The Morgan fingerprint density at radius 3 is 2.48 bits per heavy atom. The molecule has 0 unspecified atom stereocenters. The maximum absolute atomic E-state index is 12.2. The lowest BCUT2D eigenvalue weighted by Gasteiger charge is -2.13. The van der Waals surface area contributed by atoms with Crippen molar-refractivity contribution in [3.63, 3.8) is 0 Å². The third-order valence-corrected chi connectivity index (χ3v) is 3.13. The number of hydrogen-bond donors (Lipinski definition) is 1. The summed E-state index contributed by atoms with van der Waals surface area (Å²) in [7, 11) is 0. The quantitative estimate of drug-likeness (QED) is 0.764. The normalized spacial score (nSPS) is 10.3. The van der Waals surface area contributed by atoms with E-state index in [4.69, 9.17) is 13.9 Å². The summed E-state index contributed by atoms with van der Waals surface area (Å²) in [6, 6.07) is 8.84. The molecule has 1 amide bonds. The topological polar surface area (TPSA) is 60.7 Å². The smallest absolute Gasteiger partial charge is 0.251 e. The van der Waals surface area contributed by atoms with Crippen LogP contribution in [0.3, 0.4) is 0 Å². The fraction of sp³-hybridized carbons (Fsp3) is 0.389. The molecule has 5 heteroatoms. The van der Waals surface area contributed by atoms with Gasteiger partial charge in [-0.25, -0.2) is 0 Å². The fourth-order valence-electron chi connectivity index (χ4n) is 1.99. The minimum atomic E-state index is -0.176. The van der Waals surface area contributed by atoms with Crippen LogP contribution in [0.25, 0.3) is 0 Å². The van der Waals surface area contributed by atoms with Crippen LogP contribution in [0.4, 0.5) is 0 Å². The van der Waals surface area contributed by atoms with E-state index in [0.717, 1.165) is 12.8 Å². The van der Waals surface area contributed by atoms with Crippen molar-refractivity contribution in [2.24, 2.45) is 0 Å². The predicted octanol–water partition coefficient (Wildman–Crippen LogP) is 3.79. The number of hydrogen-bond acceptors (Lipinski definition) is 4. The van der Waals surface area contributed by atoms with Crippen LogP contribution < -0.4 is 14.8 Å². The Morgan fingerprint density at radius 2 is 1.83 bits per heavy atom. The molecule has 0 aliphatic heterocycles. The minimum Gasteiger partial charge on any atom is -0.490 e. The summed E-state index contributed by atoms with van der Waals surface area (Å²) in [5, 5.41) is 2.82. The Balaban J connectivity index is 2.06. The van der Waals surface area contributed by atoms with Gasteiger partial charge in [-0.3, -0.25) is 4.79 Å². The van der Waals surface area contributed by atoms with Crippen molar-refractivity contribution in [2.45, 2.75) is 33.2 Å². The minimum absolute atomic E-state index is 0.176. The van der Waals surface area contributed by atoms with Gasteiger partial charge in [0.1, 0.15) is 5.76 Å². The van der Waals surface area contributed by atoms with Crippen molar-refractivity contribution in [2.75, 3.05) is 13.2 Å². The van der Waals surface area contributed by atoms with Gasteiger partial charge in [0, 0.05) is 5.56 Å². The van der Waals surface area contributed by atoms with Gasteiger partial charge in [0.05, 0.1) is 26.0 Å². The van der Waals surface area contributed by atoms with Gasteiger partial charge in [-0.15, -0.1) is 0 Å². The number of carbonyl (C=O) groups excluding carboxylic acids is 1. The zero-order valence-corrected chi connectivity index (χ0v) is 13.6. The predicted molar refractivity (Wildman–Crippen MR) is 87.9 cm³/mol. The second-order valence-electron chi connectivity index (χ2n) is 5.12. The molecular weight excluding hydrogens is 294 g/mol. The van der Waals surface area contributed by atoms with Gasteiger partial charge in [-0.1, -0.05) is 13.8 Å². The molecule has 1 heterocycles.